The molecule has 0 spiro atoms. The largest absolute Gasteiger partial charge is 0.390 e. The first kappa shape index (κ1) is 19.3. The molecule has 0 aromatic heterocycles. The molecule has 0 aliphatic carbocycles. The van der Waals surface area contributed by atoms with Crippen molar-refractivity contribution >= 4 is 5.96 Å². The summed E-state index contributed by atoms with van der Waals surface area (Å²) >= 11 is 0. The molecule has 0 aliphatic rings. The molecule has 0 heterocycles. The van der Waals surface area contributed by atoms with Crippen molar-refractivity contribution in [2.45, 2.75) is 25.6 Å². The normalized spacial score (nSPS) is 14.0. The maximum absolute atomic E-state index is 12.2. The van der Waals surface area contributed by atoms with E-state index in [-0.39, 0.29) is 12.6 Å². The quantitative estimate of drug-likeness (QED) is 0.596. The first-order valence-electron chi connectivity index (χ1n) is 7.63. The lowest BCUT2D eigenvalue weighted by molar-refractivity contribution is -0.132. The number of hydrogen-bond acceptors (Lipinski definition) is 2. The standard InChI is InChI=1S/C16H25F3N4/c1-4-20-15(21-11-10-16(17,18)19)22-12-14(23(2)3)13-8-6-5-7-9-13/h5-9,14H,4,10-12H2,1-3H3,(H2,20,21,22). The number of guanidine groups is 1. The van der Waals surface area contributed by atoms with Gasteiger partial charge in [0.15, 0.2) is 5.96 Å². The molecule has 2 N–H and O–H groups in total. The van der Waals surface area contributed by atoms with Crippen LogP contribution in [0, 0.1) is 0 Å². The highest BCUT2D eigenvalue weighted by Crippen LogP contribution is 2.19. The second kappa shape index (κ2) is 9.39. The van der Waals surface area contributed by atoms with Crippen molar-refractivity contribution in [3.8, 4) is 0 Å². The Balaban J connectivity index is 2.69. The highest BCUT2D eigenvalue weighted by molar-refractivity contribution is 5.79. The molecule has 0 fully saturated rings. The zero-order chi connectivity index (χ0) is 17.3. The molecule has 4 nitrogen and oxygen atoms in total. The summed E-state index contributed by atoms with van der Waals surface area (Å²) in [6, 6.07) is 9.97. The molecule has 1 aromatic rings. The SMILES string of the molecule is CCNC(=NCC(c1ccccc1)N(C)C)NCCC(F)(F)F. The van der Waals surface area contributed by atoms with Crippen LogP contribution in [0.15, 0.2) is 35.3 Å². The first-order valence-corrected chi connectivity index (χ1v) is 7.63. The molecular formula is C16H25F3N4. The Labute approximate surface area is 135 Å². The Morgan fingerprint density at radius 3 is 2.35 bits per heavy atom. The third kappa shape index (κ3) is 7.88. The Bertz CT molecular complexity index is 472. The van der Waals surface area contributed by atoms with Crippen molar-refractivity contribution in [3.63, 3.8) is 0 Å². The summed E-state index contributed by atoms with van der Waals surface area (Å²) in [5.41, 5.74) is 1.12. The van der Waals surface area contributed by atoms with Gasteiger partial charge in [-0.05, 0) is 26.6 Å². The summed E-state index contributed by atoms with van der Waals surface area (Å²) in [5.74, 6) is 0.402. The van der Waals surface area contributed by atoms with E-state index in [2.05, 4.69) is 15.6 Å². The predicted octanol–water partition coefficient (Wildman–Crippen LogP) is 2.80. The summed E-state index contributed by atoms with van der Waals surface area (Å²) in [7, 11) is 3.91. The fraction of sp³-hybridized carbons (Fsp3) is 0.562. The van der Waals surface area contributed by atoms with E-state index in [1.165, 1.54) is 0 Å². The molecule has 0 saturated carbocycles. The molecule has 0 radical (unpaired) electrons. The summed E-state index contributed by atoms with van der Waals surface area (Å²) < 4.78 is 36.7. The highest BCUT2D eigenvalue weighted by atomic mass is 19.4. The highest BCUT2D eigenvalue weighted by Gasteiger charge is 2.26. The molecule has 7 heteroatoms. The Morgan fingerprint density at radius 2 is 1.83 bits per heavy atom. The van der Waals surface area contributed by atoms with Crippen LogP contribution >= 0.6 is 0 Å². The van der Waals surface area contributed by atoms with Crippen molar-refractivity contribution < 1.29 is 13.2 Å². The van der Waals surface area contributed by atoms with Crippen molar-refractivity contribution in [2.75, 3.05) is 33.7 Å². The van der Waals surface area contributed by atoms with Gasteiger partial charge in [0.25, 0.3) is 0 Å². The predicted molar refractivity (Wildman–Crippen MR) is 87.5 cm³/mol. The van der Waals surface area contributed by atoms with E-state index in [1.54, 1.807) is 0 Å². The number of rotatable bonds is 7. The van der Waals surface area contributed by atoms with Gasteiger partial charge in [0.2, 0.25) is 0 Å². The van der Waals surface area contributed by atoms with E-state index in [9.17, 15) is 13.2 Å². The van der Waals surface area contributed by atoms with E-state index in [4.69, 9.17) is 0 Å². The molecule has 130 valence electrons. The van der Waals surface area contributed by atoms with Crippen LogP contribution in [0.5, 0.6) is 0 Å². The molecule has 0 aliphatic heterocycles. The zero-order valence-electron chi connectivity index (χ0n) is 13.8. The second-order valence-corrected chi connectivity index (χ2v) is 5.40. The number of alkyl halides is 3. The molecule has 1 rings (SSSR count). The Hall–Kier alpha value is -1.76. The Kier molecular flexibility index (Phi) is 7.88. The van der Waals surface area contributed by atoms with E-state index >= 15 is 0 Å². The number of aliphatic imine (C=N–C) groups is 1. The number of likely N-dealkylation sites (N-methyl/N-ethyl adjacent to an activating group) is 1. The van der Waals surface area contributed by atoms with Crippen LogP contribution in [0.4, 0.5) is 13.2 Å². The lowest BCUT2D eigenvalue weighted by atomic mass is 10.1. The molecule has 0 bridgehead atoms. The number of benzene rings is 1. The maximum atomic E-state index is 12.2. The van der Waals surface area contributed by atoms with Crippen LogP contribution in [0.3, 0.4) is 0 Å². The average molecular weight is 330 g/mol. The van der Waals surface area contributed by atoms with Gasteiger partial charge in [0.1, 0.15) is 0 Å². The van der Waals surface area contributed by atoms with Crippen molar-refractivity contribution in [1.82, 2.24) is 15.5 Å². The van der Waals surface area contributed by atoms with Gasteiger partial charge in [-0.25, -0.2) is 0 Å². The third-order valence-corrected chi connectivity index (χ3v) is 3.28. The fourth-order valence-corrected chi connectivity index (χ4v) is 2.08. The molecule has 1 atom stereocenters. The van der Waals surface area contributed by atoms with Crippen molar-refractivity contribution in [3.05, 3.63) is 35.9 Å². The van der Waals surface area contributed by atoms with Crippen LogP contribution in [0.25, 0.3) is 0 Å². The van der Waals surface area contributed by atoms with Gasteiger partial charge in [-0.2, -0.15) is 13.2 Å². The minimum atomic E-state index is -4.17. The Morgan fingerprint density at radius 1 is 1.17 bits per heavy atom. The first-order chi connectivity index (χ1) is 10.8. The molecule has 1 aromatic carbocycles. The summed E-state index contributed by atoms with van der Waals surface area (Å²) in [5, 5.41) is 5.69. The van der Waals surface area contributed by atoms with Crippen LogP contribution in [0.1, 0.15) is 24.9 Å². The molecule has 0 saturated heterocycles. The molecular weight excluding hydrogens is 305 g/mol. The van der Waals surface area contributed by atoms with E-state index in [0.29, 0.717) is 19.0 Å². The number of hydrogen-bond donors (Lipinski definition) is 2. The van der Waals surface area contributed by atoms with Gasteiger partial charge in [-0.1, -0.05) is 30.3 Å². The van der Waals surface area contributed by atoms with Crippen LogP contribution in [-0.2, 0) is 0 Å². The van der Waals surface area contributed by atoms with E-state index in [1.807, 2.05) is 56.3 Å². The monoisotopic (exact) mass is 330 g/mol. The van der Waals surface area contributed by atoms with Gasteiger partial charge in [0.05, 0.1) is 19.0 Å². The van der Waals surface area contributed by atoms with Gasteiger partial charge >= 0.3 is 6.18 Å². The zero-order valence-corrected chi connectivity index (χ0v) is 13.8. The van der Waals surface area contributed by atoms with Crippen LogP contribution in [-0.4, -0.2) is 50.8 Å². The lowest BCUT2D eigenvalue weighted by Crippen LogP contribution is -2.39. The molecule has 23 heavy (non-hydrogen) atoms. The molecule has 1 unspecified atom stereocenters. The van der Waals surface area contributed by atoms with Gasteiger partial charge in [0, 0.05) is 13.1 Å². The number of halogens is 3. The van der Waals surface area contributed by atoms with Gasteiger partial charge in [-0.3, -0.25) is 4.99 Å². The van der Waals surface area contributed by atoms with E-state index < -0.39 is 12.6 Å². The average Bonchev–Trinajstić information content (AvgIpc) is 2.47. The van der Waals surface area contributed by atoms with Crippen molar-refractivity contribution in [1.29, 1.82) is 0 Å². The second-order valence-electron chi connectivity index (χ2n) is 5.40. The number of nitrogens with zero attached hydrogens (tertiary/aromatic N) is 2. The lowest BCUT2D eigenvalue weighted by Gasteiger charge is -2.23. The maximum Gasteiger partial charge on any atom is 0.390 e. The minimum Gasteiger partial charge on any atom is -0.357 e. The van der Waals surface area contributed by atoms with Gasteiger partial charge in [-0.15, -0.1) is 0 Å². The fourth-order valence-electron chi connectivity index (χ4n) is 2.08. The topological polar surface area (TPSA) is 39.7 Å². The summed E-state index contributed by atoms with van der Waals surface area (Å²) in [4.78, 5) is 6.46. The smallest absolute Gasteiger partial charge is 0.357 e. The van der Waals surface area contributed by atoms with Gasteiger partial charge < -0.3 is 15.5 Å². The minimum absolute atomic E-state index is 0.0641. The number of nitrogens with one attached hydrogen (secondary N) is 2. The van der Waals surface area contributed by atoms with Crippen LogP contribution in [0.2, 0.25) is 0 Å². The van der Waals surface area contributed by atoms with E-state index in [0.717, 1.165) is 5.56 Å². The molecule has 0 amide bonds. The summed E-state index contributed by atoms with van der Waals surface area (Å²) in [6.45, 7) is 2.74. The van der Waals surface area contributed by atoms with Crippen molar-refractivity contribution in [2.24, 2.45) is 4.99 Å². The summed E-state index contributed by atoms with van der Waals surface area (Å²) in [6.07, 6.45) is -5.05. The third-order valence-electron chi connectivity index (χ3n) is 3.28. The van der Waals surface area contributed by atoms with Crippen LogP contribution < -0.4 is 10.6 Å².